The molecule has 1 heterocycles. The number of rotatable bonds is 8. The molecular formula is C61H42N2S. The summed E-state index contributed by atoms with van der Waals surface area (Å²) in [4.78, 5) is 7.24. The lowest BCUT2D eigenvalue weighted by Gasteiger charge is -2.40. The van der Waals surface area contributed by atoms with E-state index in [0.717, 1.165) is 34.1 Å². The molecule has 0 bridgehead atoms. The molecule has 302 valence electrons. The standard InChI is InChI=1S/C61H42N2S/c1-5-17-47(18-6-1)62(48-19-7-2-8-20-48)51-35-29-43(30-36-51)45-33-39-53-54-40-34-46(44-31-37-52(38-32-44)63(49-21-9-3-10-22-49)50-23-11-4-12-24-50)42-58(54)61(57(53)41-45)55-25-13-15-27-59(55)64-60-28-16-14-26-56(60)61/h1-42H. The second-order valence-electron chi connectivity index (χ2n) is 16.5. The lowest BCUT2D eigenvalue weighted by molar-refractivity contribution is 0.723. The fourth-order valence-corrected chi connectivity index (χ4v) is 11.3. The minimum absolute atomic E-state index is 0.510. The first-order valence-corrected chi connectivity index (χ1v) is 22.7. The third-order valence-corrected chi connectivity index (χ3v) is 14.1. The Hall–Kier alpha value is -7.85. The summed E-state index contributed by atoms with van der Waals surface area (Å²) >= 11 is 1.89. The highest BCUT2D eigenvalue weighted by Gasteiger charge is 2.50. The van der Waals surface area contributed by atoms with E-state index in [1.165, 1.54) is 65.4 Å². The van der Waals surface area contributed by atoms with Crippen LogP contribution in [0.4, 0.5) is 34.1 Å². The zero-order valence-electron chi connectivity index (χ0n) is 35.1. The molecule has 1 spiro atoms. The van der Waals surface area contributed by atoms with E-state index >= 15 is 0 Å². The van der Waals surface area contributed by atoms with Gasteiger partial charge in [-0.15, -0.1) is 0 Å². The highest BCUT2D eigenvalue weighted by molar-refractivity contribution is 7.99. The van der Waals surface area contributed by atoms with Gasteiger partial charge in [-0.1, -0.05) is 169 Å². The zero-order valence-corrected chi connectivity index (χ0v) is 35.9. The second-order valence-corrected chi connectivity index (χ2v) is 17.6. The Morgan fingerprint density at radius 2 is 0.547 bits per heavy atom. The Bertz CT molecular complexity index is 2970. The third-order valence-electron chi connectivity index (χ3n) is 12.9. The van der Waals surface area contributed by atoms with E-state index in [9.17, 15) is 0 Å². The van der Waals surface area contributed by atoms with Gasteiger partial charge in [-0.05, 0) is 153 Å². The van der Waals surface area contributed by atoms with Crippen molar-refractivity contribution in [1.82, 2.24) is 0 Å². The number of fused-ring (bicyclic) bond motifs is 9. The van der Waals surface area contributed by atoms with Crippen molar-refractivity contribution in [3.63, 3.8) is 0 Å². The molecule has 0 aromatic heterocycles. The number of para-hydroxylation sites is 4. The molecule has 0 N–H and O–H groups in total. The number of anilines is 6. The minimum atomic E-state index is -0.510. The lowest BCUT2D eigenvalue weighted by Crippen LogP contribution is -2.32. The normalized spacial score (nSPS) is 12.8. The van der Waals surface area contributed by atoms with Crippen LogP contribution in [0.5, 0.6) is 0 Å². The number of hydrogen-bond acceptors (Lipinski definition) is 3. The topological polar surface area (TPSA) is 6.48 Å². The Balaban J connectivity index is 0.986. The predicted molar refractivity (Wildman–Crippen MR) is 268 cm³/mol. The monoisotopic (exact) mass is 834 g/mol. The predicted octanol–water partition coefficient (Wildman–Crippen LogP) is 16.8. The van der Waals surface area contributed by atoms with Gasteiger partial charge in [0.05, 0.1) is 5.41 Å². The minimum Gasteiger partial charge on any atom is -0.311 e. The molecule has 2 aliphatic rings. The zero-order chi connectivity index (χ0) is 42.5. The van der Waals surface area contributed by atoms with E-state index in [0.29, 0.717) is 0 Å². The van der Waals surface area contributed by atoms with Crippen LogP contribution in [0.1, 0.15) is 22.3 Å². The highest BCUT2D eigenvalue weighted by Crippen LogP contribution is 2.63. The number of benzene rings is 10. The van der Waals surface area contributed by atoms with Gasteiger partial charge in [-0.2, -0.15) is 0 Å². The van der Waals surface area contributed by atoms with Crippen LogP contribution in [0.15, 0.2) is 265 Å². The Labute approximate surface area is 379 Å². The van der Waals surface area contributed by atoms with Gasteiger partial charge in [0, 0.05) is 43.9 Å². The van der Waals surface area contributed by atoms with Gasteiger partial charge in [-0.3, -0.25) is 0 Å². The van der Waals surface area contributed by atoms with E-state index in [1.54, 1.807) is 0 Å². The van der Waals surface area contributed by atoms with Gasteiger partial charge < -0.3 is 9.80 Å². The van der Waals surface area contributed by atoms with Gasteiger partial charge in [0.15, 0.2) is 0 Å². The summed E-state index contributed by atoms with van der Waals surface area (Å²) in [5.74, 6) is 0. The van der Waals surface area contributed by atoms with Crippen molar-refractivity contribution in [1.29, 1.82) is 0 Å². The highest BCUT2D eigenvalue weighted by atomic mass is 32.2. The molecule has 1 aliphatic heterocycles. The molecule has 10 aromatic carbocycles. The van der Waals surface area contributed by atoms with Crippen LogP contribution in [-0.4, -0.2) is 0 Å². The SMILES string of the molecule is c1ccc(N(c2ccccc2)c2ccc(-c3ccc4c(c3)C3(c5ccccc5Sc5ccccc53)c3cc(-c5ccc(N(c6ccccc6)c6ccccc6)cc5)ccc3-4)cc2)cc1. The summed E-state index contributed by atoms with van der Waals surface area (Å²) in [5, 5.41) is 0. The van der Waals surface area contributed by atoms with E-state index in [4.69, 9.17) is 0 Å². The summed E-state index contributed by atoms with van der Waals surface area (Å²) in [6.45, 7) is 0. The van der Waals surface area contributed by atoms with Crippen molar-refractivity contribution in [3.05, 3.63) is 277 Å². The van der Waals surface area contributed by atoms with Crippen LogP contribution >= 0.6 is 11.8 Å². The van der Waals surface area contributed by atoms with Crippen molar-refractivity contribution in [2.45, 2.75) is 15.2 Å². The van der Waals surface area contributed by atoms with E-state index < -0.39 is 5.41 Å². The van der Waals surface area contributed by atoms with Gasteiger partial charge >= 0.3 is 0 Å². The molecule has 3 heteroatoms. The van der Waals surface area contributed by atoms with Crippen LogP contribution in [0, 0.1) is 0 Å². The van der Waals surface area contributed by atoms with Gasteiger partial charge in [0.25, 0.3) is 0 Å². The molecule has 12 rings (SSSR count). The van der Waals surface area contributed by atoms with E-state index in [-0.39, 0.29) is 0 Å². The molecule has 0 saturated heterocycles. The second kappa shape index (κ2) is 15.8. The van der Waals surface area contributed by atoms with Gasteiger partial charge in [0.1, 0.15) is 0 Å². The van der Waals surface area contributed by atoms with E-state index in [2.05, 4.69) is 265 Å². The molecule has 0 radical (unpaired) electrons. The first kappa shape index (κ1) is 37.9. The fraction of sp³-hybridized carbons (Fsp3) is 0.0164. The largest absolute Gasteiger partial charge is 0.311 e. The summed E-state index contributed by atoms with van der Waals surface area (Å²) in [5.41, 5.74) is 18.9. The maximum absolute atomic E-state index is 2.48. The molecule has 0 atom stereocenters. The fourth-order valence-electron chi connectivity index (χ4n) is 10.1. The smallest absolute Gasteiger partial charge is 0.0735 e. The summed E-state index contributed by atoms with van der Waals surface area (Å²) < 4.78 is 0. The Morgan fingerprint density at radius 3 is 0.906 bits per heavy atom. The molecule has 0 fully saturated rings. The van der Waals surface area contributed by atoms with Crippen molar-refractivity contribution in [3.8, 4) is 33.4 Å². The molecule has 0 amide bonds. The molecule has 1 aliphatic carbocycles. The lowest BCUT2D eigenvalue weighted by atomic mass is 9.67. The summed E-state index contributed by atoms with van der Waals surface area (Å²) in [7, 11) is 0. The van der Waals surface area contributed by atoms with Crippen molar-refractivity contribution >= 4 is 45.9 Å². The average Bonchev–Trinajstić information content (AvgIpc) is 3.65. The molecule has 64 heavy (non-hydrogen) atoms. The first-order chi connectivity index (χ1) is 31.7. The van der Waals surface area contributed by atoms with Crippen molar-refractivity contribution in [2.24, 2.45) is 0 Å². The van der Waals surface area contributed by atoms with E-state index in [1.807, 2.05) is 11.8 Å². The van der Waals surface area contributed by atoms with Gasteiger partial charge in [-0.25, -0.2) is 0 Å². The summed E-state index contributed by atoms with van der Waals surface area (Å²) in [6.07, 6.45) is 0. The summed E-state index contributed by atoms with van der Waals surface area (Å²) in [6, 6.07) is 93.1. The Kier molecular flexibility index (Phi) is 9.35. The maximum Gasteiger partial charge on any atom is 0.0735 e. The van der Waals surface area contributed by atoms with Crippen molar-refractivity contribution < 1.29 is 0 Å². The average molecular weight is 835 g/mol. The van der Waals surface area contributed by atoms with Crippen LogP contribution in [-0.2, 0) is 5.41 Å². The first-order valence-electron chi connectivity index (χ1n) is 21.9. The number of nitrogens with zero attached hydrogens (tertiary/aromatic N) is 2. The Morgan fingerprint density at radius 1 is 0.250 bits per heavy atom. The third kappa shape index (κ3) is 6.27. The molecule has 2 nitrogen and oxygen atoms in total. The molecule has 10 aromatic rings. The molecule has 0 saturated carbocycles. The number of hydrogen-bond donors (Lipinski definition) is 0. The van der Waals surface area contributed by atoms with Crippen molar-refractivity contribution in [2.75, 3.05) is 9.80 Å². The molecular weight excluding hydrogens is 793 g/mol. The van der Waals surface area contributed by atoms with Crippen LogP contribution < -0.4 is 9.80 Å². The van der Waals surface area contributed by atoms with Crippen LogP contribution in [0.3, 0.4) is 0 Å². The maximum atomic E-state index is 2.48. The van der Waals surface area contributed by atoms with Gasteiger partial charge in [0.2, 0.25) is 0 Å². The van der Waals surface area contributed by atoms with Crippen LogP contribution in [0.2, 0.25) is 0 Å². The molecule has 0 unspecified atom stereocenters. The van der Waals surface area contributed by atoms with Crippen LogP contribution in [0.25, 0.3) is 33.4 Å². The quantitative estimate of drug-likeness (QED) is 0.151.